The van der Waals surface area contributed by atoms with E-state index in [4.69, 9.17) is 12.2 Å². The third kappa shape index (κ3) is 3.34. The number of carbonyl (C=O) groups excluding carboxylic acids is 1. The first-order valence-electron chi connectivity index (χ1n) is 9.96. The second kappa shape index (κ2) is 6.87. The van der Waals surface area contributed by atoms with Crippen LogP contribution in [0.4, 0.5) is 0 Å². The number of nitrogens with zero attached hydrogens (tertiary/aromatic N) is 3. The third-order valence-electron chi connectivity index (χ3n) is 6.23. The van der Waals surface area contributed by atoms with Gasteiger partial charge in [-0.3, -0.25) is 14.8 Å². The van der Waals surface area contributed by atoms with Crippen LogP contribution < -0.4 is 5.32 Å². The Kier molecular flexibility index (Phi) is 4.36. The van der Waals surface area contributed by atoms with Crippen LogP contribution in [0.5, 0.6) is 0 Å². The monoisotopic (exact) mass is 383 g/mol. The van der Waals surface area contributed by atoms with E-state index in [9.17, 15) is 4.79 Å². The summed E-state index contributed by atoms with van der Waals surface area (Å²) < 4.78 is 2.53. The average molecular weight is 384 g/mol. The first kappa shape index (κ1) is 17.1. The lowest BCUT2D eigenvalue weighted by atomic mass is 9.99. The summed E-state index contributed by atoms with van der Waals surface area (Å²) in [4.78, 5) is 18.8. The van der Waals surface area contributed by atoms with E-state index >= 15 is 0 Å². The maximum absolute atomic E-state index is 11.8. The Labute approximate surface area is 164 Å². The summed E-state index contributed by atoms with van der Waals surface area (Å²) in [5.74, 6) is 1.59. The van der Waals surface area contributed by atoms with Crippen molar-refractivity contribution in [1.82, 2.24) is 25.0 Å². The number of carbonyl (C=O) groups is 1. The van der Waals surface area contributed by atoms with Gasteiger partial charge in [-0.15, -0.1) is 0 Å². The molecule has 2 aromatic rings. The zero-order chi connectivity index (χ0) is 18.4. The normalized spacial score (nSPS) is 25.1. The number of amides is 1. The predicted octanol–water partition coefficient (Wildman–Crippen LogP) is 2.65. The molecule has 0 bridgehead atoms. The number of aromatic nitrogens is 3. The van der Waals surface area contributed by atoms with Crippen LogP contribution in [0.2, 0.25) is 0 Å². The van der Waals surface area contributed by atoms with Crippen molar-refractivity contribution in [3.8, 4) is 11.4 Å². The van der Waals surface area contributed by atoms with Crippen molar-refractivity contribution < 1.29 is 4.79 Å². The Morgan fingerprint density at radius 3 is 2.96 bits per heavy atom. The first-order chi connectivity index (χ1) is 13.2. The van der Waals surface area contributed by atoms with Crippen LogP contribution in [-0.2, 0) is 24.3 Å². The van der Waals surface area contributed by atoms with Crippen LogP contribution in [0.15, 0.2) is 18.2 Å². The molecule has 2 fully saturated rings. The fourth-order valence-corrected chi connectivity index (χ4v) is 5.03. The fraction of sp³-hybridized carbons (Fsp3) is 0.550. The molecule has 0 spiro atoms. The van der Waals surface area contributed by atoms with E-state index in [1.165, 1.54) is 24.0 Å². The molecule has 27 heavy (non-hydrogen) atoms. The predicted molar refractivity (Wildman–Crippen MR) is 106 cm³/mol. The van der Waals surface area contributed by atoms with Crippen molar-refractivity contribution in [2.45, 2.75) is 51.2 Å². The van der Waals surface area contributed by atoms with Crippen LogP contribution in [0.3, 0.4) is 0 Å². The van der Waals surface area contributed by atoms with Gasteiger partial charge >= 0.3 is 0 Å². The van der Waals surface area contributed by atoms with Crippen molar-refractivity contribution >= 4 is 18.1 Å². The van der Waals surface area contributed by atoms with Crippen LogP contribution >= 0.6 is 12.2 Å². The number of aryl methyl sites for hydroxylation is 2. The van der Waals surface area contributed by atoms with E-state index in [0.717, 1.165) is 43.7 Å². The lowest BCUT2D eigenvalue weighted by Crippen LogP contribution is -2.38. The summed E-state index contributed by atoms with van der Waals surface area (Å²) >= 11 is 5.50. The highest BCUT2D eigenvalue weighted by Gasteiger charge is 2.35. The van der Waals surface area contributed by atoms with Gasteiger partial charge in [0, 0.05) is 31.1 Å². The minimum atomic E-state index is 0.196. The maximum atomic E-state index is 11.8. The molecule has 1 amide bonds. The summed E-state index contributed by atoms with van der Waals surface area (Å²) in [6.07, 6.45) is 6.38. The molecule has 2 atom stereocenters. The summed E-state index contributed by atoms with van der Waals surface area (Å²) in [6, 6.07) is 6.90. The number of likely N-dealkylation sites (tertiary alicyclic amines) is 1. The van der Waals surface area contributed by atoms with Crippen LogP contribution in [0.25, 0.3) is 11.4 Å². The van der Waals surface area contributed by atoms with E-state index in [1.54, 1.807) is 0 Å². The molecular formula is C20H25N5OS. The van der Waals surface area contributed by atoms with Crippen molar-refractivity contribution in [3.63, 3.8) is 0 Å². The van der Waals surface area contributed by atoms with Gasteiger partial charge in [-0.2, -0.15) is 4.98 Å². The molecule has 1 aromatic carbocycles. The van der Waals surface area contributed by atoms with Gasteiger partial charge in [-0.1, -0.05) is 12.1 Å². The SMILES string of the molecule is O=C1CCCC2CN(Cn3[nH]c(-c4ccc5c(c4)CCC5)nc3=S)CC2N1. The summed E-state index contributed by atoms with van der Waals surface area (Å²) in [5.41, 5.74) is 4.02. The Balaban J connectivity index is 1.32. The number of aromatic amines is 1. The Bertz CT molecular complexity index is 933. The largest absolute Gasteiger partial charge is 0.352 e. The van der Waals surface area contributed by atoms with E-state index in [0.29, 0.717) is 23.8 Å². The van der Waals surface area contributed by atoms with Crippen LogP contribution in [0.1, 0.15) is 36.8 Å². The van der Waals surface area contributed by atoms with Crippen LogP contribution in [-0.4, -0.2) is 44.7 Å². The lowest BCUT2D eigenvalue weighted by Gasteiger charge is -2.16. The number of fused-ring (bicyclic) bond motifs is 2. The molecule has 7 heteroatoms. The molecule has 2 saturated heterocycles. The molecule has 2 N–H and O–H groups in total. The molecule has 6 nitrogen and oxygen atoms in total. The zero-order valence-electron chi connectivity index (χ0n) is 15.4. The van der Waals surface area contributed by atoms with Crippen molar-refractivity contribution in [1.29, 1.82) is 0 Å². The quantitative estimate of drug-likeness (QED) is 0.800. The number of H-pyrrole nitrogens is 1. The Hall–Kier alpha value is -1.99. The molecule has 1 aliphatic carbocycles. The van der Waals surface area contributed by atoms with E-state index in [1.807, 2.05) is 4.68 Å². The standard InChI is InChI=1S/C20H25N5OS/c26-18-6-2-5-16-10-24(11-17(16)21-18)12-25-20(27)22-19(23-25)15-8-7-13-3-1-4-14(13)9-15/h7-9,16-17H,1-6,10-12H2,(H,21,26)(H,22,23,27). The van der Waals surface area contributed by atoms with Crippen molar-refractivity contribution in [2.75, 3.05) is 13.1 Å². The molecule has 1 aromatic heterocycles. The number of hydrogen-bond donors (Lipinski definition) is 2. The molecule has 142 valence electrons. The van der Waals surface area contributed by atoms with Gasteiger partial charge in [0.2, 0.25) is 10.7 Å². The molecule has 3 heterocycles. The van der Waals surface area contributed by atoms with E-state index in [-0.39, 0.29) is 11.9 Å². The van der Waals surface area contributed by atoms with E-state index in [2.05, 4.69) is 38.5 Å². The van der Waals surface area contributed by atoms with Gasteiger partial charge in [0.05, 0.1) is 6.67 Å². The molecule has 2 unspecified atom stereocenters. The Morgan fingerprint density at radius 1 is 1.15 bits per heavy atom. The highest BCUT2D eigenvalue weighted by atomic mass is 32.1. The van der Waals surface area contributed by atoms with Crippen molar-refractivity contribution in [2.24, 2.45) is 5.92 Å². The lowest BCUT2D eigenvalue weighted by molar-refractivity contribution is -0.121. The second-order valence-electron chi connectivity index (χ2n) is 8.12. The highest BCUT2D eigenvalue weighted by molar-refractivity contribution is 7.71. The van der Waals surface area contributed by atoms with Gasteiger partial charge in [-0.05, 0) is 67.4 Å². The zero-order valence-corrected chi connectivity index (χ0v) is 16.2. The number of hydrogen-bond acceptors (Lipinski definition) is 4. The topological polar surface area (TPSA) is 66.0 Å². The molecular weight excluding hydrogens is 358 g/mol. The average Bonchev–Trinajstić information content (AvgIpc) is 3.32. The minimum absolute atomic E-state index is 0.196. The fourth-order valence-electron chi connectivity index (χ4n) is 4.84. The van der Waals surface area contributed by atoms with E-state index < -0.39 is 0 Å². The first-order valence-corrected chi connectivity index (χ1v) is 10.4. The van der Waals surface area contributed by atoms with Gasteiger partial charge in [-0.25, -0.2) is 4.68 Å². The summed E-state index contributed by atoms with van der Waals surface area (Å²) in [6.45, 7) is 2.57. The molecule has 0 saturated carbocycles. The second-order valence-corrected chi connectivity index (χ2v) is 8.49. The van der Waals surface area contributed by atoms with Gasteiger partial charge in [0.15, 0.2) is 5.82 Å². The van der Waals surface area contributed by atoms with Crippen molar-refractivity contribution in [3.05, 3.63) is 34.1 Å². The Morgan fingerprint density at radius 2 is 2.04 bits per heavy atom. The highest BCUT2D eigenvalue weighted by Crippen LogP contribution is 2.28. The smallest absolute Gasteiger partial charge is 0.220 e. The molecule has 5 rings (SSSR count). The number of benzene rings is 1. The number of rotatable bonds is 3. The summed E-state index contributed by atoms with van der Waals surface area (Å²) in [5, 5.41) is 6.57. The number of nitrogens with one attached hydrogen (secondary N) is 2. The molecule has 0 radical (unpaired) electrons. The van der Waals surface area contributed by atoms with Crippen LogP contribution in [0, 0.1) is 10.7 Å². The summed E-state index contributed by atoms with van der Waals surface area (Å²) in [7, 11) is 0. The minimum Gasteiger partial charge on any atom is -0.352 e. The maximum Gasteiger partial charge on any atom is 0.220 e. The molecule has 3 aliphatic rings. The van der Waals surface area contributed by atoms with Gasteiger partial charge < -0.3 is 5.32 Å². The van der Waals surface area contributed by atoms with Gasteiger partial charge in [0.1, 0.15) is 0 Å². The third-order valence-corrected chi connectivity index (χ3v) is 6.55. The van der Waals surface area contributed by atoms with Gasteiger partial charge in [0.25, 0.3) is 0 Å². The molecule has 2 aliphatic heterocycles.